The normalized spacial score (nSPS) is 15.6. The zero-order chi connectivity index (χ0) is 16.7. The van der Waals surface area contributed by atoms with Crippen LogP contribution in [0.15, 0.2) is 29.2 Å². The summed E-state index contributed by atoms with van der Waals surface area (Å²) >= 11 is 0. The summed E-state index contributed by atoms with van der Waals surface area (Å²) in [5.41, 5.74) is 0. The van der Waals surface area contributed by atoms with E-state index in [4.69, 9.17) is 0 Å². The standard InChI is InChI=1S/C12H11F3N4O3S/c13-12(14,15)22-9-3-5-10(6-4-9)23(20,21)7-11-16-17-18-19(11)8-1-2-8/h3-6,8H,1-2,7H2. The van der Waals surface area contributed by atoms with Gasteiger partial charge in [0.15, 0.2) is 15.7 Å². The van der Waals surface area contributed by atoms with Crippen molar-refractivity contribution in [3.63, 3.8) is 0 Å². The van der Waals surface area contributed by atoms with Gasteiger partial charge in [0.25, 0.3) is 0 Å². The third-order valence-electron chi connectivity index (χ3n) is 3.19. The highest BCUT2D eigenvalue weighted by Gasteiger charge is 2.32. The third kappa shape index (κ3) is 3.78. The Hall–Kier alpha value is -2.17. The van der Waals surface area contributed by atoms with Crippen molar-refractivity contribution < 1.29 is 26.3 Å². The van der Waals surface area contributed by atoms with Crippen LogP contribution in [0.1, 0.15) is 24.7 Å². The summed E-state index contributed by atoms with van der Waals surface area (Å²) in [6, 6.07) is 4.13. The van der Waals surface area contributed by atoms with E-state index in [0.717, 1.165) is 37.1 Å². The minimum atomic E-state index is -4.83. The Balaban J connectivity index is 1.78. The van der Waals surface area contributed by atoms with Gasteiger partial charge in [0.05, 0.1) is 10.9 Å². The summed E-state index contributed by atoms with van der Waals surface area (Å²) in [5.74, 6) is -0.696. The van der Waals surface area contributed by atoms with Gasteiger partial charge in [-0.05, 0) is 47.5 Å². The van der Waals surface area contributed by atoms with Gasteiger partial charge in [-0.3, -0.25) is 0 Å². The quantitative estimate of drug-likeness (QED) is 0.820. The molecule has 23 heavy (non-hydrogen) atoms. The monoisotopic (exact) mass is 348 g/mol. The number of alkyl halides is 3. The molecule has 0 bridgehead atoms. The van der Waals surface area contributed by atoms with Crippen LogP contribution in [0.25, 0.3) is 0 Å². The topological polar surface area (TPSA) is 87.0 Å². The van der Waals surface area contributed by atoms with Crippen molar-refractivity contribution in [3.8, 4) is 5.75 Å². The molecule has 1 saturated carbocycles. The molecule has 2 aromatic rings. The average molecular weight is 348 g/mol. The summed E-state index contributed by atoms with van der Waals surface area (Å²) < 4.78 is 66.1. The van der Waals surface area contributed by atoms with Gasteiger partial charge in [0.2, 0.25) is 0 Å². The first kappa shape index (κ1) is 15.7. The Morgan fingerprint density at radius 3 is 2.43 bits per heavy atom. The van der Waals surface area contributed by atoms with E-state index in [0.29, 0.717) is 0 Å². The predicted octanol–water partition coefficient (Wildman–Crippen LogP) is 1.88. The molecular weight excluding hydrogens is 337 g/mol. The molecule has 11 heteroatoms. The molecule has 7 nitrogen and oxygen atoms in total. The first-order chi connectivity index (χ1) is 10.7. The predicted molar refractivity (Wildman–Crippen MR) is 70.1 cm³/mol. The van der Waals surface area contributed by atoms with E-state index in [-0.39, 0.29) is 16.8 Å². The number of aromatic nitrogens is 4. The molecule has 1 aromatic heterocycles. The lowest BCUT2D eigenvalue weighted by Gasteiger charge is -2.09. The Morgan fingerprint density at radius 2 is 1.87 bits per heavy atom. The lowest BCUT2D eigenvalue weighted by Crippen LogP contribution is -2.17. The van der Waals surface area contributed by atoms with Crippen LogP contribution in [0.2, 0.25) is 0 Å². The van der Waals surface area contributed by atoms with Crippen molar-refractivity contribution in [2.75, 3.05) is 0 Å². The Kier molecular flexibility index (Phi) is 3.74. The largest absolute Gasteiger partial charge is 0.573 e. The van der Waals surface area contributed by atoms with Gasteiger partial charge in [-0.2, -0.15) is 0 Å². The summed E-state index contributed by atoms with van der Waals surface area (Å²) in [4.78, 5) is -0.127. The van der Waals surface area contributed by atoms with Crippen molar-refractivity contribution in [1.82, 2.24) is 20.2 Å². The van der Waals surface area contributed by atoms with Gasteiger partial charge in [0.1, 0.15) is 11.5 Å². The first-order valence-corrected chi connectivity index (χ1v) is 8.25. The van der Waals surface area contributed by atoms with Gasteiger partial charge in [-0.15, -0.1) is 18.3 Å². The maximum absolute atomic E-state index is 12.3. The summed E-state index contributed by atoms with van der Waals surface area (Å²) in [6.45, 7) is 0. The maximum atomic E-state index is 12.3. The van der Waals surface area contributed by atoms with E-state index in [1.165, 1.54) is 4.68 Å². The first-order valence-electron chi connectivity index (χ1n) is 6.60. The van der Waals surface area contributed by atoms with Gasteiger partial charge >= 0.3 is 6.36 Å². The van der Waals surface area contributed by atoms with Crippen molar-refractivity contribution in [2.24, 2.45) is 0 Å². The molecule has 0 unspecified atom stereocenters. The van der Waals surface area contributed by atoms with Crippen molar-refractivity contribution in [2.45, 2.75) is 35.9 Å². The van der Waals surface area contributed by atoms with Crippen molar-refractivity contribution in [3.05, 3.63) is 30.1 Å². The number of halogens is 3. The molecule has 1 aliphatic rings. The Morgan fingerprint density at radius 1 is 1.22 bits per heavy atom. The Labute approximate surface area is 129 Å². The third-order valence-corrected chi connectivity index (χ3v) is 4.82. The number of rotatable bonds is 5. The number of nitrogens with zero attached hydrogens (tertiary/aromatic N) is 4. The lowest BCUT2D eigenvalue weighted by atomic mass is 10.3. The molecule has 0 amide bonds. The van der Waals surface area contributed by atoms with Crippen molar-refractivity contribution in [1.29, 1.82) is 0 Å². The smallest absolute Gasteiger partial charge is 0.406 e. The van der Waals surface area contributed by atoms with E-state index in [2.05, 4.69) is 20.3 Å². The van der Waals surface area contributed by atoms with E-state index in [1.54, 1.807) is 0 Å². The summed E-state index contributed by atoms with van der Waals surface area (Å²) in [6.07, 6.45) is -3.05. The van der Waals surface area contributed by atoms with Gasteiger partial charge in [0, 0.05) is 0 Å². The molecule has 1 fully saturated rings. The number of benzene rings is 1. The minimum Gasteiger partial charge on any atom is -0.406 e. The highest BCUT2D eigenvalue weighted by atomic mass is 32.2. The molecule has 1 aliphatic carbocycles. The second kappa shape index (κ2) is 5.48. The van der Waals surface area contributed by atoms with Crippen LogP contribution in [-0.4, -0.2) is 35.0 Å². The van der Waals surface area contributed by atoms with Crippen molar-refractivity contribution >= 4 is 9.84 Å². The van der Waals surface area contributed by atoms with E-state index >= 15 is 0 Å². The fraction of sp³-hybridized carbons (Fsp3) is 0.417. The molecular formula is C12H11F3N4O3S. The molecule has 0 saturated heterocycles. The zero-order valence-electron chi connectivity index (χ0n) is 11.6. The number of sulfone groups is 1. The Bertz CT molecular complexity index is 798. The second-order valence-electron chi connectivity index (χ2n) is 5.05. The van der Waals surface area contributed by atoms with Gasteiger partial charge < -0.3 is 4.74 Å². The number of hydrogen-bond donors (Lipinski definition) is 0. The zero-order valence-corrected chi connectivity index (χ0v) is 12.4. The summed E-state index contributed by atoms with van der Waals surface area (Å²) in [7, 11) is -3.77. The molecule has 1 heterocycles. The molecule has 0 aliphatic heterocycles. The highest BCUT2D eigenvalue weighted by molar-refractivity contribution is 7.90. The van der Waals surface area contributed by atoms with Gasteiger partial charge in [-0.1, -0.05) is 0 Å². The SMILES string of the molecule is O=S(=O)(Cc1nnnn1C1CC1)c1ccc(OC(F)(F)F)cc1. The summed E-state index contributed by atoms with van der Waals surface area (Å²) in [5, 5.41) is 10.9. The minimum absolute atomic E-state index is 0.123. The second-order valence-corrected chi connectivity index (χ2v) is 7.04. The van der Waals surface area contributed by atoms with Crippen LogP contribution < -0.4 is 4.74 Å². The number of hydrogen-bond acceptors (Lipinski definition) is 6. The molecule has 1 aromatic carbocycles. The van der Waals surface area contributed by atoms with Crippen LogP contribution in [0, 0.1) is 0 Å². The van der Waals surface area contributed by atoms with Gasteiger partial charge in [-0.25, -0.2) is 13.1 Å². The van der Waals surface area contributed by atoms with Crippen LogP contribution in [0.5, 0.6) is 5.75 Å². The molecule has 0 spiro atoms. The lowest BCUT2D eigenvalue weighted by molar-refractivity contribution is -0.274. The highest BCUT2D eigenvalue weighted by Crippen LogP contribution is 2.35. The molecule has 0 atom stereocenters. The maximum Gasteiger partial charge on any atom is 0.573 e. The van der Waals surface area contributed by atoms with E-state index in [1.807, 2.05) is 0 Å². The van der Waals surface area contributed by atoms with E-state index in [9.17, 15) is 21.6 Å². The van der Waals surface area contributed by atoms with Crippen LogP contribution in [0.3, 0.4) is 0 Å². The fourth-order valence-electron chi connectivity index (χ4n) is 2.01. The molecule has 0 radical (unpaired) electrons. The van der Waals surface area contributed by atoms with Crippen LogP contribution in [-0.2, 0) is 15.6 Å². The fourth-order valence-corrected chi connectivity index (χ4v) is 3.26. The average Bonchev–Trinajstić information content (AvgIpc) is 3.18. The molecule has 0 N–H and O–H groups in total. The van der Waals surface area contributed by atoms with Crippen LogP contribution in [0.4, 0.5) is 13.2 Å². The van der Waals surface area contributed by atoms with E-state index < -0.39 is 27.7 Å². The number of tetrazole rings is 1. The molecule has 3 rings (SSSR count). The van der Waals surface area contributed by atoms with Crippen LogP contribution >= 0.6 is 0 Å². The number of ether oxygens (including phenoxy) is 1. The molecule has 124 valence electrons.